The normalized spacial score (nSPS) is 25.2. The molecule has 0 aromatic carbocycles. The van der Waals surface area contributed by atoms with Crippen LogP contribution in [0.4, 0.5) is 0 Å². The van der Waals surface area contributed by atoms with Crippen LogP contribution >= 0.6 is 0 Å². The van der Waals surface area contributed by atoms with Crippen molar-refractivity contribution in [3.8, 4) is 11.5 Å². The molecule has 11 heteroatoms. The van der Waals surface area contributed by atoms with Crippen molar-refractivity contribution in [2.75, 3.05) is 13.7 Å². The third-order valence-electron chi connectivity index (χ3n) is 6.55. The minimum Gasteiger partial charge on any atom is -0.503 e. The van der Waals surface area contributed by atoms with Crippen molar-refractivity contribution in [3.63, 3.8) is 0 Å². The Kier molecular flexibility index (Phi) is 9.11. The van der Waals surface area contributed by atoms with Crippen LogP contribution in [0.2, 0.25) is 0 Å². The fourth-order valence-electron chi connectivity index (χ4n) is 4.51. The molecule has 2 aliphatic rings. The summed E-state index contributed by atoms with van der Waals surface area (Å²) in [6.07, 6.45) is 3.74. The molecule has 3 rings (SSSR count). The van der Waals surface area contributed by atoms with Crippen LogP contribution in [0.3, 0.4) is 0 Å². The van der Waals surface area contributed by atoms with Crippen LogP contribution in [0.1, 0.15) is 63.4 Å². The Bertz CT molecular complexity index is 974. The van der Waals surface area contributed by atoms with Gasteiger partial charge in [0, 0.05) is 12.3 Å². The molecule has 1 aliphatic heterocycles. The third kappa shape index (κ3) is 6.44. The lowest BCUT2D eigenvalue weighted by molar-refractivity contribution is -0.177. The zero-order valence-corrected chi connectivity index (χ0v) is 21.0. The summed E-state index contributed by atoms with van der Waals surface area (Å²) in [7, 11) is 1.32. The van der Waals surface area contributed by atoms with Gasteiger partial charge in [-0.2, -0.15) is 0 Å². The number of pyridine rings is 1. The van der Waals surface area contributed by atoms with E-state index in [0.717, 1.165) is 25.7 Å². The van der Waals surface area contributed by atoms with Crippen LogP contribution in [0.15, 0.2) is 12.3 Å². The Balaban J connectivity index is 1.83. The van der Waals surface area contributed by atoms with Gasteiger partial charge in [0.05, 0.1) is 18.9 Å². The molecule has 0 spiro atoms. The molecular formula is C25H34N2O9. The maximum Gasteiger partial charge on any atom is 0.332 e. The van der Waals surface area contributed by atoms with Crippen LogP contribution < -0.4 is 10.1 Å². The Morgan fingerprint density at radius 3 is 2.56 bits per heavy atom. The molecule has 2 fully saturated rings. The van der Waals surface area contributed by atoms with Crippen LogP contribution in [-0.4, -0.2) is 65.9 Å². The quantitative estimate of drug-likeness (QED) is 0.416. The average molecular weight is 507 g/mol. The van der Waals surface area contributed by atoms with E-state index in [0.29, 0.717) is 6.42 Å². The summed E-state index contributed by atoms with van der Waals surface area (Å²) < 4.78 is 21.7. The van der Waals surface area contributed by atoms with Crippen molar-refractivity contribution in [1.82, 2.24) is 10.3 Å². The monoisotopic (exact) mass is 506 g/mol. The van der Waals surface area contributed by atoms with Crippen molar-refractivity contribution < 1.29 is 43.2 Å². The highest BCUT2D eigenvalue weighted by Gasteiger charge is 2.43. The van der Waals surface area contributed by atoms with Crippen molar-refractivity contribution >= 4 is 23.8 Å². The molecule has 36 heavy (non-hydrogen) atoms. The van der Waals surface area contributed by atoms with E-state index in [1.54, 1.807) is 20.8 Å². The van der Waals surface area contributed by atoms with Gasteiger partial charge in [-0.05, 0) is 19.3 Å². The van der Waals surface area contributed by atoms with Crippen LogP contribution in [0.25, 0.3) is 0 Å². The van der Waals surface area contributed by atoms with Gasteiger partial charge in [0.25, 0.3) is 5.91 Å². The lowest BCUT2D eigenvalue weighted by Crippen LogP contribution is -2.47. The van der Waals surface area contributed by atoms with Gasteiger partial charge in [0.15, 0.2) is 29.3 Å². The second-order valence-electron chi connectivity index (χ2n) is 9.56. The number of nitrogens with zero attached hydrogens (tertiary/aromatic N) is 1. The first-order chi connectivity index (χ1) is 17.1. The van der Waals surface area contributed by atoms with E-state index in [1.807, 2.05) is 0 Å². The minimum atomic E-state index is -1.37. The number of esters is 3. The first kappa shape index (κ1) is 27.2. The largest absolute Gasteiger partial charge is 0.503 e. The summed E-state index contributed by atoms with van der Waals surface area (Å²) in [5, 5.41) is 12.6. The lowest BCUT2D eigenvalue weighted by Gasteiger charge is -2.31. The molecule has 1 saturated carbocycles. The predicted octanol–water partition coefficient (Wildman–Crippen LogP) is 2.15. The van der Waals surface area contributed by atoms with Crippen LogP contribution in [0.5, 0.6) is 11.5 Å². The fourth-order valence-corrected chi connectivity index (χ4v) is 4.51. The molecule has 2 N–H and O–H groups in total. The number of cyclic esters (lactones) is 2. The number of carbonyl (C=O) groups is 4. The molecule has 1 aliphatic carbocycles. The van der Waals surface area contributed by atoms with E-state index in [9.17, 15) is 24.3 Å². The molecule has 0 bridgehead atoms. The summed E-state index contributed by atoms with van der Waals surface area (Å²) in [5.74, 6) is -4.39. The molecule has 0 radical (unpaired) electrons. The Morgan fingerprint density at radius 2 is 1.92 bits per heavy atom. The maximum atomic E-state index is 13.2. The van der Waals surface area contributed by atoms with E-state index in [1.165, 1.54) is 19.4 Å². The molecule has 11 nitrogen and oxygen atoms in total. The Morgan fingerprint density at radius 1 is 1.22 bits per heavy atom. The van der Waals surface area contributed by atoms with E-state index >= 15 is 0 Å². The molecule has 1 aromatic heterocycles. The molecule has 198 valence electrons. The summed E-state index contributed by atoms with van der Waals surface area (Å²) in [4.78, 5) is 55.2. The van der Waals surface area contributed by atoms with Gasteiger partial charge in [0.1, 0.15) is 12.7 Å². The number of carbonyl (C=O) groups excluding carboxylic acids is 4. The van der Waals surface area contributed by atoms with Gasteiger partial charge >= 0.3 is 17.9 Å². The number of nitrogens with one attached hydrogen (secondary N) is 1. The van der Waals surface area contributed by atoms with E-state index in [4.69, 9.17) is 18.9 Å². The summed E-state index contributed by atoms with van der Waals surface area (Å²) in [5.41, 5.74) is -0.371. The van der Waals surface area contributed by atoms with Crippen molar-refractivity contribution in [2.45, 2.75) is 71.1 Å². The molecular weight excluding hydrogens is 472 g/mol. The van der Waals surface area contributed by atoms with Gasteiger partial charge in [0.2, 0.25) is 0 Å². The van der Waals surface area contributed by atoms with E-state index in [-0.39, 0.29) is 17.4 Å². The zero-order chi connectivity index (χ0) is 26.4. The number of aromatic hydroxyl groups is 1. The highest BCUT2D eigenvalue weighted by molar-refractivity contribution is 5.98. The van der Waals surface area contributed by atoms with Crippen LogP contribution in [-0.2, 0) is 28.6 Å². The van der Waals surface area contributed by atoms with E-state index < -0.39 is 66.3 Å². The fraction of sp³-hybridized carbons (Fsp3) is 0.640. The number of hydrogen-bond donors (Lipinski definition) is 2. The van der Waals surface area contributed by atoms with E-state index in [2.05, 4.69) is 10.3 Å². The lowest BCUT2D eigenvalue weighted by atomic mass is 9.87. The molecule has 2 heterocycles. The zero-order valence-electron chi connectivity index (χ0n) is 21.0. The first-order valence-electron chi connectivity index (χ1n) is 12.2. The summed E-state index contributed by atoms with van der Waals surface area (Å²) in [6.45, 7) is 4.40. The minimum absolute atomic E-state index is 0.0248. The first-order valence-corrected chi connectivity index (χ1v) is 12.2. The van der Waals surface area contributed by atoms with Crippen molar-refractivity contribution in [3.05, 3.63) is 18.0 Å². The molecule has 1 aromatic rings. The summed E-state index contributed by atoms with van der Waals surface area (Å²) in [6, 6.07) is -0.00429. The topological polar surface area (TPSA) is 150 Å². The average Bonchev–Trinajstić information content (AvgIpc) is 3.36. The Hall–Kier alpha value is -3.37. The predicted molar refractivity (Wildman–Crippen MR) is 125 cm³/mol. The molecule has 2 unspecified atom stereocenters. The van der Waals surface area contributed by atoms with Crippen LogP contribution in [0, 0.1) is 17.8 Å². The highest BCUT2D eigenvalue weighted by atomic mass is 16.6. The number of methoxy groups -OCH3 is 1. The van der Waals surface area contributed by atoms with Gasteiger partial charge in [-0.3, -0.25) is 14.4 Å². The molecule has 1 amide bonds. The number of rotatable bonds is 7. The smallest absolute Gasteiger partial charge is 0.332 e. The number of aromatic nitrogens is 1. The summed E-state index contributed by atoms with van der Waals surface area (Å²) >= 11 is 0. The van der Waals surface area contributed by atoms with Crippen molar-refractivity contribution in [2.24, 2.45) is 17.8 Å². The highest BCUT2D eigenvalue weighted by Crippen LogP contribution is 2.34. The second kappa shape index (κ2) is 12.0. The number of ether oxygens (including phenoxy) is 4. The Labute approximate surface area is 209 Å². The van der Waals surface area contributed by atoms with Gasteiger partial charge in [-0.1, -0.05) is 39.5 Å². The number of hydrogen-bond acceptors (Lipinski definition) is 10. The number of amides is 1. The SMILES string of the molecule is COc1ccnc(C(=O)NC2COC(=O)[C@H](CC3CCCC3)C(OC(=O)C(C)C)[C@H](C)OC2=O)c1O. The molecule has 1 saturated heterocycles. The van der Waals surface area contributed by atoms with Gasteiger partial charge in [-0.25, -0.2) is 9.78 Å². The van der Waals surface area contributed by atoms with Crippen molar-refractivity contribution in [1.29, 1.82) is 0 Å². The van der Waals surface area contributed by atoms with Gasteiger partial charge < -0.3 is 29.4 Å². The second-order valence-corrected chi connectivity index (χ2v) is 9.56. The molecule has 4 atom stereocenters. The maximum absolute atomic E-state index is 13.2. The third-order valence-corrected chi connectivity index (χ3v) is 6.55. The standard InChI is InChI=1S/C25H34N2O9/c1-13(2)23(30)36-21-14(3)35-25(32)17(12-34-24(31)16(21)11-15-7-5-6-8-15)27-22(29)19-20(28)18(33-4)9-10-26-19/h9-10,13-17,21,28H,5-8,11-12H2,1-4H3,(H,27,29)/t14-,16+,17?,21?/m0/s1. The van der Waals surface area contributed by atoms with Gasteiger partial charge in [-0.15, -0.1) is 0 Å².